The standard InChI is InChI=1S/C39H22N4/c1-2-10-24(11-3-1)36-29-16-6-7-18-31(29)41-39(42-36)43-32-20-19-23-12-8-17-28-26-14-4-5-15-27(26)30-22-25-13-9-21-40-37(25)38(43)34(30)35(32)33(23)28/h1-22H. The highest BCUT2D eigenvalue weighted by atomic mass is 15.2. The predicted octanol–water partition coefficient (Wildman–Crippen LogP) is 9.74. The van der Waals surface area contributed by atoms with Gasteiger partial charge in [0.1, 0.15) is 0 Å². The fourth-order valence-electron chi connectivity index (χ4n) is 7.18. The largest absolute Gasteiger partial charge is 0.276 e. The van der Waals surface area contributed by atoms with Crippen LogP contribution in [0.1, 0.15) is 0 Å². The highest BCUT2D eigenvalue weighted by molar-refractivity contribution is 6.33. The lowest BCUT2D eigenvalue weighted by Crippen LogP contribution is -2.04. The molecule has 1 aliphatic carbocycles. The van der Waals surface area contributed by atoms with Gasteiger partial charge in [0.2, 0.25) is 5.95 Å². The van der Waals surface area contributed by atoms with Gasteiger partial charge in [-0.2, -0.15) is 0 Å². The molecule has 4 nitrogen and oxygen atoms in total. The fourth-order valence-corrected chi connectivity index (χ4v) is 7.18. The zero-order chi connectivity index (χ0) is 28.1. The minimum absolute atomic E-state index is 0.646. The van der Waals surface area contributed by atoms with Crippen molar-refractivity contribution in [1.82, 2.24) is 19.5 Å². The molecule has 3 aromatic heterocycles. The van der Waals surface area contributed by atoms with E-state index in [2.05, 4.69) is 114 Å². The first-order valence-corrected chi connectivity index (χ1v) is 14.5. The Hall–Kier alpha value is -5.87. The first kappa shape index (κ1) is 22.8. The molecule has 9 aromatic rings. The van der Waals surface area contributed by atoms with Crippen LogP contribution < -0.4 is 0 Å². The second kappa shape index (κ2) is 8.34. The summed E-state index contributed by atoms with van der Waals surface area (Å²) in [6.45, 7) is 0. The molecule has 4 heteroatoms. The van der Waals surface area contributed by atoms with Crippen molar-refractivity contribution in [3.8, 4) is 39.5 Å². The van der Waals surface area contributed by atoms with Gasteiger partial charge >= 0.3 is 0 Å². The molecule has 0 saturated carbocycles. The van der Waals surface area contributed by atoms with Crippen LogP contribution >= 0.6 is 0 Å². The molecule has 0 bridgehead atoms. The van der Waals surface area contributed by atoms with Gasteiger partial charge in [-0.3, -0.25) is 9.55 Å². The third kappa shape index (κ3) is 3.02. The van der Waals surface area contributed by atoms with Gasteiger partial charge in [0, 0.05) is 33.3 Å². The summed E-state index contributed by atoms with van der Waals surface area (Å²) in [4.78, 5) is 15.6. The molecule has 0 amide bonds. The van der Waals surface area contributed by atoms with E-state index in [4.69, 9.17) is 15.0 Å². The average molecular weight is 547 g/mol. The van der Waals surface area contributed by atoms with Crippen LogP contribution in [0.4, 0.5) is 0 Å². The quantitative estimate of drug-likeness (QED) is 0.217. The number of hydrogen-bond acceptors (Lipinski definition) is 3. The zero-order valence-corrected chi connectivity index (χ0v) is 23.0. The number of aromatic nitrogens is 4. The van der Waals surface area contributed by atoms with Crippen molar-refractivity contribution in [1.29, 1.82) is 0 Å². The van der Waals surface area contributed by atoms with Crippen molar-refractivity contribution in [2.45, 2.75) is 0 Å². The Kier molecular flexibility index (Phi) is 4.42. The Bertz CT molecular complexity index is 2610. The summed E-state index contributed by atoms with van der Waals surface area (Å²) in [5.41, 5.74) is 10.9. The summed E-state index contributed by atoms with van der Waals surface area (Å²) >= 11 is 0. The minimum Gasteiger partial charge on any atom is -0.276 e. The highest BCUT2D eigenvalue weighted by Gasteiger charge is 2.27. The second-order valence-electron chi connectivity index (χ2n) is 11.2. The van der Waals surface area contributed by atoms with Crippen molar-refractivity contribution in [3.63, 3.8) is 0 Å². The topological polar surface area (TPSA) is 43.6 Å². The van der Waals surface area contributed by atoms with E-state index in [-0.39, 0.29) is 0 Å². The van der Waals surface area contributed by atoms with E-state index < -0.39 is 0 Å². The molecule has 0 saturated heterocycles. The molecule has 1 aliphatic rings. The first-order chi connectivity index (χ1) is 21.3. The maximum absolute atomic E-state index is 5.34. The number of pyridine rings is 1. The molecular weight excluding hydrogens is 524 g/mol. The summed E-state index contributed by atoms with van der Waals surface area (Å²) < 4.78 is 2.26. The van der Waals surface area contributed by atoms with Crippen LogP contribution in [0, 0.1) is 0 Å². The summed E-state index contributed by atoms with van der Waals surface area (Å²) in [6.07, 6.45) is 1.89. The van der Waals surface area contributed by atoms with E-state index >= 15 is 0 Å². The lowest BCUT2D eigenvalue weighted by atomic mass is 9.93. The van der Waals surface area contributed by atoms with Crippen molar-refractivity contribution in [2.75, 3.05) is 0 Å². The van der Waals surface area contributed by atoms with E-state index in [1.165, 1.54) is 43.8 Å². The Morgan fingerprint density at radius 2 is 1.28 bits per heavy atom. The molecule has 0 radical (unpaired) electrons. The van der Waals surface area contributed by atoms with E-state index in [1.807, 2.05) is 24.4 Å². The molecule has 3 heterocycles. The molecule has 0 atom stereocenters. The molecule has 10 rings (SSSR count). The SMILES string of the molecule is c1ccc(-c2nc(-n3c4ccc5cccc6c5c4c4c(cc5cccnc5c43)-c3ccccc3-6)nc3ccccc23)cc1. The van der Waals surface area contributed by atoms with E-state index in [0.29, 0.717) is 5.95 Å². The Morgan fingerprint density at radius 1 is 0.512 bits per heavy atom. The van der Waals surface area contributed by atoms with E-state index in [9.17, 15) is 0 Å². The third-order valence-electron chi connectivity index (χ3n) is 8.95. The molecule has 0 N–H and O–H groups in total. The maximum atomic E-state index is 5.34. The van der Waals surface area contributed by atoms with Crippen molar-refractivity contribution >= 4 is 54.4 Å². The number of benzene rings is 6. The average Bonchev–Trinajstić information content (AvgIpc) is 3.37. The lowest BCUT2D eigenvalue weighted by Gasteiger charge is -2.15. The fraction of sp³-hybridized carbons (Fsp3) is 0. The molecule has 43 heavy (non-hydrogen) atoms. The Balaban J connectivity index is 1.48. The number of hydrogen-bond donors (Lipinski definition) is 0. The van der Waals surface area contributed by atoms with Gasteiger partial charge in [-0.1, -0.05) is 103 Å². The first-order valence-electron chi connectivity index (χ1n) is 14.5. The minimum atomic E-state index is 0.646. The van der Waals surface area contributed by atoms with E-state index in [0.717, 1.165) is 44.1 Å². The van der Waals surface area contributed by atoms with Gasteiger partial charge in [0.05, 0.1) is 27.8 Å². The van der Waals surface area contributed by atoms with Gasteiger partial charge in [-0.25, -0.2) is 9.97 Å². The van der Waals surface area contributed by atoms with Gasteiger partial charge in [0.25, 0.3) is 0 Å². The van der Waals surface area contributed by atoms with Crippen LogP contribution in [-0.2, 0) is 0 Å². The maximum Gasteiger partial charge on any atom is 0.235 e. The number of para-hydroxylation sites is 1. The van der Waals surface area contributed by atoms with Gasteiger partial charge < -0.3 is 0 Å². The van der Waals surface area contributed by atoms with Gasteiger partial charge in [0.15, 0.2) is 0 Å². The molecule has 0 unspecified atom stereocenters. The third-order valence-corrected chi connectivity index (χ3v) is 8.95. The normalized spacial score (nSPS) is 12.2. The van der Waals surface area contributed by atoms with Crippen LogP contribution in [0.25, 0.3) is 93.8 Å². The highest BCUT2D eigenvalue weighted by Crippen LogP contribution is 2.51. The number of rotatable bonds is 2. The van der Waals surface area contributed by atoms with Crippen LogP contribution in [0.2, 0.25) is 0 Å². The second-order valence-corrected chi connectivity index (χ2v) is 11.2. The Labute approximate surface area is 246 Å². The van der Waals surface area contributed by atoms with Crippen LogP contribution in [0.3, 0.4) is 0 Å². The smallest absolute Gasteiger partial charge is 0.235 e. The predicted molar refractivity (Wildman–Crippen MR) is 177 cm³/mol. The summed E-state index contributed by atoms with van der Waals surface area (Å²) in [5.74, 6) is 0.646. The van der Waals surface area contributed by atoms with Gasteiger partial charge in [-0.15, -0.1) is 0 Å². The Morgan fingerprint density at radius 3 is 2.19 bits per heavy atom. The van der Waals surface area contributed by atoms with Crippen LogP contribution in [0.15, 0.2) is 134 Å². The van der Waals surface area contributed by atoms with Crippen LogP contribution in [0.5, 0.6) is 0 Å². The monoisotopic (exact) mass is 546 g/mol. The number of fused-ring (bicyclic) bond motifs is 6. The lowest BCUT2D eigenvalue weighted by molar-refractivity contribution is 1.02. The van der Waals surface area contributed by atoms with Crippen molar-refractivity contribution in [2.24, 2.45) is 0 Å². The molecule has 0 spiro atoms. The van der Waals surface area contributed by atoms with Gasteiger partial charge in [-0.05, 0) is 57.3 Å². The molecule has 0 fully saturated rings. The molecule has 6 aromatic carbocycles. The summed E-state index contributed by atoms with van der Waals surface area (Å²) in [7, 11) is 0. The van der Waals surface area contributed by atoms with Crippen molar-refractivity contribution < 1.29 is 0 Å². The van der Waals surface area contributed by atoms with Crippen molar-refractivity contribution in [3.05, 3.63) is 134 Å². The molecule has 198 valence electrons. The number of nitrogens with zero attached hydrogens (tertiary/aromatic N) is 4. The zero-order valence-electron chi connectivity index (χ0n) is 23.0. The van der Waals surface area contributed by atoms with E-state index in [1.54, 1.807) is 0 Å². The van der Waals surface area contributed by atoms with Crippen LogP contribution in [-0.4, -0.2) is 19.5 Å². The molecular formula is C39H22N4. The molecule has 0 aliphatic heterocycles. The summed E-state index contributed by atoms with van der Waals surface area (Å²) in [5, 5.41) is 7.02. The summed E-state index contributed by atoms with van der Waals surface area (Å²) in [6, 6.07) is 45.1.